The highest BCUT2D eigenvalue weighted by atomic mass is 16.8. The van der Waals surface area contributed by atoms with Crippen LogP contribution in [0.2, 0.25) is 0 Å². The monoisotopic (exact) mass is 1010 g/mol. The minimum atomic E-state index is -2.09. The predicted octanol–water partition coefficient (Wildman–Crippen LogP) is 4.70. The van der Waals surface area contributed by atoms with Gasteiger partial charge in [-0.2, -0.15) is 0 Å². The third-order valence-corrected chi connectivity index (χ3v) is 10.7. The fourth-order valence-corrected chi connectivity index (χ4v) is 8.04. The van der Waals surface area contributed by atoms with E-state index in [4.69, 9.17) is 52.1 Å². The third kappa shape index (κ3) is 14.4. The van der Waals surface area contributed by atoms with Crippen LogP contribution in [0.3, 0.4) is 0 Å². The first-order valence-electron chi connectivity index (χ1n) is 21.6. The first-order valence-corrected chi connectivity index (χ1v) is 21.6. The Balaban J connectivity index is 1.71. The number of hydrogen-bond acceptors (Lipinski definition) is 22. The fourth-order valence-electron chi connectivity index (χ4n) is 8.04. The maximum absolute atomic E-state index is 13.9. The minimum Gasteiger partial charge on any atom is -0.462 e. The molecular formula is C42H46N12O18. The average Bonchev–Trinajstić information content (AvgIpc) is 3.64. The van der Waals surface area contributed by atoms with Gasteiger partial charge in [0.2, 0.25) is 0 Å². The van der Waals surface area contributed by atoms with Gasteiger partial charge in [-0.1, -0.05) is 56.9 Å². The first-order chi connectivity index (χ1) is 34.5. The van der Waals surface area contributed by atoms with E-state index < -0.39 is 153 Å². The third-order valence-electron chi connectivity index (χ3n) is 10.7. The van der Waals surface area contributed by atoms with Crippen molar-refractivity contribution in [3.8, 4) is 0 Å². The van der Waals surface area contributed by atoms with E-state index in [-0.39, 0.29) is 11.1 Å². The number of carbonyl (C=O) groups is 7. The van der Waals surface area contributed by atoms with Crippen molar-refractivity contribution in [2.24, 2.45) is 20.5 Å². The standard InChI is InChI=1S/C42H46N12O18/c1-19(55)62-18-29(63-20(2)56)34-37(66-23(5)59)35(65-22(4)58)30(50-54-46)41(71-34)70-32-27(49-53-45)16-26(48-52-44)31(64-21(3)57)36(32)72-42-38(69-40(61)25-14-10-7-11-15-25)33(28(67-42)17-47-51-43)68-39(60)24-12-8-6-9-13-24/h6-15,26-38,41-42H,16-18H2,1-5H3/t26-,27+,28-,29?,30-,31+,32-,33+,34-,35-,36-,37-,38+,41+,42+/m1/s1. The van der Waals surface area contributed by atoms with Crippen LogP contribution in [0.1, 0.15) is 61.8 Å². The molecule has 3 aliphatic rings. The van der Waals surface area contributed by atoms with Crippen LogP contribution in [-0.2, 0) is 76.1 Å². The molecule has 3 fully saturated rings. The molecule has 2 aromatic carbocycles. The van der Waals surface area contributed by atoms with Crippen molar-refractivity contribution in [1.82, 2.24) is 0 Å². The Hall–Kier alpha value is -8.19. The maximum Gasteiger partial charge on any atom is 0.338 e. The Kier molecular flexibility index (Phi) is 19.9. The summed E-state index contributed by atoms with van der Waals surface area (Å²) < 4.78 is 64.8. The molecule has 1 unspecified atom stereocenters. The van der Waals surface area contributed by atoms with Crippen LogP contribution in [0.25, 0.3) is 41.8 Å². The SMILES string of the molecule is CC(=O)OCC(OC(C)=O)[C@H]1O[C@H](O[C@H]2[C@H](O[C@@H]3O[C@H](CN=[N+]=[N-])[C@H](OC(=O)c4ccccc4)[C@@H]3OC(=O)c3ccccc3)[C@@H](OC(C)=O)[C@H](N=[N+]=[N-])C[C@@H]2N=[N+]=[N-])[C@H](N=[N+]=[N-])[C@@H](OC(C)=O)[C@@H]1OC(C)=O. The van der Waals surface area contributed by atoms with Gasteiger partial charge in [0, 0.05) is 54.3 Å². The molecule has 1 saturated carbocycles. The van der Waals surface area contributed by atoms with Crippen molar-refractivity contribution in [2.45, 2.75) is 133 Å². The molecule has 0 amide bonds. The lowest BCUT2D eigenvalue weighted by molar-refractivity contribution is -0.319. The van der Waals surface area contributed by atoms with Crippen molar-refractivity contribution in [2.75, 3.05) is 13.2 Å². The second-order valence-electron chi connectivity index (χ2n) is 15.7. The second kappa shape index (κ2) is 26.1. The largest absolute Gasteiger partial charge is 0.462 e. The van der Waals surface area contributed by atoms with E-state index in [2.05, 4.69) is 40.1 Å². The number of hydrogen-bond donors (Lipinski definition) is 0. The summed E-state index contributed by atoms with van der Waals surface area (Å²) in [7, 11) is 0. The zero-order valence-electron chi connectivity index (χ0n) is 38.8. The molecule has 0 spiro atoms. The average molecular weight is 1010 g/mol. The van der Waals surface area contributed by atoms with Crippen molar-refractivity contribution >= 4 is 41.8 Å². The van der Waals surface area contributed by atoms with Crippen LogP contribution in [0.4, 0.5) is 0 Å². The number of nitrogens with zero attached hydrogens (tertiary/aromatic N) is 12. The summed E-state index contributed by atoms with van der Waals surface area (Å²) >= 11 is 0. The van der Waals surface area contributed by atoms with E-state index >= 15 is 0 Å². The molecular weight excluding hydrogens is 961 g/mol. The lowest BCUT2D eigenvalue weighted by atomic mass is 9.83. The maximum atomic E-state index is 13.9. The molecule has 2 aromatic rings. The normalized spacial score (nSPS) is 28.7. The van der Waals surface area contributed by atoms with Crippen LogP contribution < -0.4 is 0 Å². The highest BCUT2D eigenvalue weighted by Gasteiger charge is 2.59. The smallest absolute Gasteiger partial charge is 0.338 e. The van der Waals surface area contributed by atoms with Crippen molar-refractivity contribution in [3.63, 3.8) is 0 Å². The number of benzene rings is 2. The number of azide groups is 4. The minimum absolute atomic E-state index is 0.00497. The topological polar surface area (TPSA) is 416 Å². The molecule has 0 N–H and O–H groups in total. The van der Waals surface area contributed by atoms with Gasteiger partial charge in [0.15, 0.2) is 43.1 Å². The Bertz CT molecular complexity index is 2500. The molecule has 5 rings (SSSR count). The summed E-state index contributed by atoms with van der Waals surface area (Å²) in [5.74, 6) is -6.86. The van der Waals surface area contributed by atoms with E-state index in [0.717, 1.165) is 34.6 Å². The van der Waals surface area contributed by atoms with Crippen molar-refractivity contribution in [3.05, 3.63) is 114 Å². The van der Waals surface area contributed by atoms with Gasteiger partial charge in [0.05, 0.1) is 35.9 Å². The highest BCUT2D eigenvalue weighted by Crippen LogP contribution is 2.40. The summed E-state index contributed by atoms with van der Waals surface area (Å²) in [6.07, 6.45) is -22.2. The molecule has 0 aromatic heterocycles. The molecule has 72 heavy (non-hydrogen) atoms. The Labute approximate surface area is 406 Å². The van der Waals surface area contributed by atoms with Gasteiger partial charge in [-0.25, -0.2) is 9.59 Å². The lowest BCUT2D eigenvalue weighted by Gasteiger charge is -2.49. The van der Waals surface area contributed by atoms with Crippen LogP contribution in [0.5, 0.6) is 0 Å². The van der Waals surface area contributed by atoms with Crippen LogP contribution in [0.15, 0.2) is 81.1 Å². The highest BCUT2D eigenvalue weighted by molar-refractivity contribution is 5.90. The van der Waals surface area contributed by atoms with Crippen LogP contribution >= 0.6 is 0 Å². The summed E-state index contributed by atoms with van der Waals surface area (Å²) in [5, 5.41) is 14.9. The van der Waals surface area contributed by atoms with Gasteiger partial charge in [0.1, 0.15) is 37.1 Å². The molecule has 30 heteroatoms. The molecule has 15 atom stereocenters. The quantitative estimate of drug-likeness (QED) is 0.0570. The Morgan fingerprint density at radius 2 is 1.07 bits per heavy atom. The lowest BCUT2D eigenvalue weighted by Crippen LogP contribution is -2.66. The summed E-state index contributed by atoms with van der Waals surface area (Å²) in [5.41, 5.74) is 38.9. The Morgan fingerprint density at radius 1 is 0.556 bits per heavy atom. The van der Waals surface area contributed by atoms with E-state index in [1.807, 2.05) is 0 Å². The number of esters is 7. The fraction of sp³-hybridized carbons (Fsp3) is 0.548. The Morgan fingerprint density at radius 3 is 1.58 bits per heavy atom. The van der Waals surface area contributed by atoms with Crippen molar-refractivity contribution in [1.29, 1.82) is 0 Å². The van der Waals surface area contributed by atoms with Gasteiger partial charge in [-0.3, -0.25) is 24.0 Å². The molecule has 2 aliphatic heterocycles. The zero-order valence-corrected chi connectivity index (χ0v) is 38.8. The van der Waals surface area contributed by atoms with E-state index in [0.29, 0.717) is 0 Å². The number of carbonyl (C=O) groups excluding carboxylic acids is 7. The number of rotatable bonds is 20. The molecule has 30 nitrogen and oxygen atoms in total. The molecule has 0 radical (unpaired) electrons. The van der Waals surface area contributed by atoms with E-state index in [1.54, 1.807) is 24.3 Å². The molecule has 2 saturated heterocycles. The molecule has 2 heterocycles. The van der Waals surface area contributed by atoms with Gasteiger partial charge >= 0.3 is 41.8 Å². The van der Waals surface area contributed by atoms with Crippen LogP contribution in [-0.4, -0.2) is 147 Å². The van der Waals surface area contributed by atoms with E-state index in [1.165, 1.54) is 36.4 Å². The predicted molar refractivity (Wildman–Crippen MR) is 235 cm³/mol. The first kappa shape index (κ1) is 54.7. The molecule has 382 valence electrons. The zero-order chi connectivity index (χ0) is 52.5. The van der Waals surface area contributed by atoms with Crippen molar-refractivity contribution < 1.29 is 85.7 Å². The van der Waals surface area contributed by atoms with Gasteiger partial charge in [-0.15, -0.1) is 0 Å². The molecule has 1 aliphatic carbocycles. The van der Waals surface area contributed by atoms with Gasteiger partial charge < -0.3 is 52.1 Å². The molecule has 0 bridgehead atoms. The van der Waals surface area contributed by atoms with E-state index in [9.17, 15) is 55.7 Å². The number of ether oxygens (including phenoxy) is 11. The summed E-state index contributed by atoms with van der Waals surface area (Å²) in [4.78, 5) is 102. The summed E-state index contributed by atoms with van der Waals surface area (Å²) in [6, 6.07) is 10.1. The second-order valence-corrected chi connectivity index (χ2v) is 15.7. The van der Waals surface area contributed by atoms with Crippen LogP contribution in [0, 0.1) is 0 Å². The summed E-state index contributed by atoms with van der Waals surface area (Å²) in [6.45, 7) is 3.56. The van der Waals surface area contributed by atoms with Gasteiger partial charge in [0.25, 0.3) is 0 Å². The van der Waals surface area contributed by atoms with Gasteiger partial charge in [-0.05, 0) is 52.8 Å².